The van der Waals surface area contributed by atoms with Crippen molar-refractivity contribution in [2.24, 2.45) is 0 Å². The lowest BCUT2D eigenvalue weighted by atomic mass is 10.2. The summed E-state index contributed by atoms with van der Waals surface area (Å²) in [6.07, 6.45) is 0.501. The molecule has 7 heteroatoms. The number of aromatic nitrogens is 2. The topological polar surface area (TPSA) is 79.2 Å². The Morgan fingerprint density at radius 3 is 2.86 bits per heavy atom. The van der Waals surface area contributed by atoms with Crippen LogP contribution in [0.4, 0.5) is 10.6 Å². The first-order chi connectivity index (χ1) is 10.5. The molecule has 3 N–H and O–H groups in total. The fourth-order valence-electron chi connectivity index (χ4n) is 2.04. The maximum absolute atomic E-state index is 11.8. The highest BCUT2D eigenvalue weighted by atomic mass is 35.5. The van der Waals surface area contributed by atoms with Crippen LogP contribution in [-0.2, 0) is 0 Å². The average Bonchev–Trinajstić information content (AvgIpc) is 2.79. The summed E-state index contributed by atoms with van der Waals surface area (Å²) in [7, 11) is 0. The Bertz CT molecular complexity index is 657. The van der Waals surface area contributed by atoms with Gasteiger partial charge < -0.3 is 10.4 Å². The number of anilines is 1. The molecule has 0 aliphatic rings. The molecular formula is C15H19ClN4O2. The number of hydrogen-bond acceptors (Lipinski definition) is 3. The van der Waals surface area contributed by atoms with E-state index in [2.05, 4.69) is 15.7 Å². The van der Waals surface area contributed by atoms with Crippen molar-refractivity contribution < 1.29 is 9.90 Å². The molecule has 0 aliphatic heterocycles. The van der Waals surface area contributed by atoms with Crippen molar-refractivity contribution >= 4 is 23.4 Å². The van der Waals surface area contributed by atoms with Gasteiger partial charge in [0, 0.05) is 24.4 Å². The Hall–Kier alpha value is -2.05. The first kappa shape index (κ1) is 16.3. The third kappa shape index (κ3) is 3.99. The fourth-order valence-corrected chi connectivity index (χ4v) is 2.26. The van der Waals surface area contributed by atoms with E-state index in [1.807, 2.05) is 32.0 Å². The minimum Gasteiger partial charge on any atom is -0.396 e. The van der Waals surface area contributed by atoms with E-state index in [1.165, 1.54) is 0 Å². The molecule has 6 nitrogen and oxygen atoms in total. The van der Waals surface area contributed by atoms with Crippen molar-refractivity contribution in [3.8, 4) is 5.69 Å². The molecule has 1 aromatic heterocycles. The lowest BCUT2D eigenvalue weighted by Crippen LogP contribution is -2.36. The van der Waals surface area contributed by atoms with Crippen molar-refractivity contribution in [2.75, 3.05) is 11.9 Å². The van der Waals surface area contributed by atoms with Crippen LogP contribution in [0.2, 0.25) is 5.02 Å². The summed E-state index contributed by atoms with van der Waals surface area (Å²) in [4.78, 5) is 11.8. The highest BCUT2D eigenvalue weighted by Crippen LogP contribution is 2.22. The van der Waals surface area contributed by atoms with E-state index >= 15 is 0 Å². The van der Waals surface area contributed by atoms with Gasteiger partial charge in [-0.2, -0.15) is 0 Å². The molecule has 2 aromatic rings. The fraction of sp³-hybridized carbons (Fsp3) is 0.333. The van der Waals surface area contributed by atoms with Gasteiger partial charge >= 0.3 is 6.03 Å². The minimum atomic E-state index is -0.357. The van der Waals surface area contributed by atoms with Crippen LogP contribution in [0.25, 0.3) is 5.69 Å². The second-order valence-electron chi connectivity index (χ2n) is 5.05. The number of carbonyl (C=O) groups is 1. The van der Waals surface area contributed by atoms with Crippen LogP contribution < -0.4 is 10.6 Å². The number of aryl methyl sites for hydroxylation is 1. The van der Waals surface area contributed by atoms with Crippen LogP contribution in [-0.4, -0.2) is 33.6 Å². The summed E-state index contributed by atoms with van der Waals surface area (Å²) in [5, 5.41) is 19.2. The van der Waals surface area contributed by atoms with Crippen molar-refractivity contribution in [1.29, 1.82) is 0 Å². The van der Waals surface area contributed by atoms with Gasteiger partial charge in [-0.3, -0.25) is 5.32 Å². The number of nitrogens with one attached hydrogen (secondary N) is 2. The molecule has 0 fully saturated rings. The molecule has 118 valence electrons. The number of aliphatic hydroxyl groups is 1. The second-order valence-corrected chi connectivity index (χ2v) is 5.45. The molecule has 1 heterocycles. The van der Waals surface area contributed by atoms with E-state index in [-0.39, 0.29) is 18.7 Å². The van der Waals surface area contributed by atoms with Crippen LogP contribution >= 0.6 is 11.6 Å². The van der Waals surface area contributed by atoms with Crippen LogP contribution in [0, 0.1) is 6.92 Å². The van der Waals surface area contributed by atoms with E-state index < -0.39 is 0 Å². The number of aliphatic hydroxyl groups excluding tert-OH is 1. The summed E-state index contributed by atoms with van der Waals surface area (Å²) < 4.78 is 1.68. The Kier molecular flexibility index (Phi) is 5.41. The van der Waals surface area contributed by atoms with Crippen molar-refractivity contribution in [1.82, 2.24) is 15.1 Å². The zero-order chi connectivity index (χ0) is 16.1. The predicted octanol–water partition coefficient (Wildman–Crippen LogP) is 2.73. The lowest BCUT2D eigenvalue weighted by Gasteiger charge is -2.12. The van der Waals surface area contributed by atoms with Gasteiger partial charge in [0.1, 0.15) is 0 Å². The third-order valence-corrected chi connectivity index (χ3v) is 3.47. The average molecular weight is 323 g/mol. The summed E-state index contributed by atoms with van der Waals surface area (Å²) >= 11 is 6.17. The highest BCUT2D eigenvalue weighted by Gasteiger charge is 2.12. The zero-order valence-corrected chi connectivity index (χ0v) is 13.3. The van der Waals surface area contributed by atoms with E-state index in [0.717, 1.165) is 11.4 Å². The predicted molar refractivity (Wildman–Crippen MR) is 86.6 cm³/mol. The van der Waals surface area contributed by atoms with E-state index in [1.54, 1.807) is 16.8 Å². The van der Waals surface area contributed by atoms with Gasteiger partial charge in [0.05, 0.1) is 10.7 Å². The van der Waals surface area contributed by atoms with Crippen molar-refractivity contribution in [3.05, 3.63) is 41.0 Å². The standard InChI is InChI=1S/C15H19ClN4O2/c1-10(7-8-21)17-15(22)18-14-9-11(2)20(19-14)13-6-4-3-5-12(13)16/h3-6,9-10,21H,7-8H2,1-2H3,(H2,17,18,19,22). The van der Waals surface area contributed by atoms with Gasteiger partial charge in [0.15, 0.2) is 5.82 Å². The van der Waals surface area contributed by atoms with Crippen LogP contribution in [0.1, 0.15) is 19.0 Å². The Morgan fingerprint density at radius 1 is 1.45 bits per heavy atom. The number of para-hydroxylation sites is 1. The van der Waals surface area contributed by atoms with Gasteiger partial charge in [0.25, 0.3) is 0 Å². The first-order valence-electron chi connectivity index (χ1n) is 7.01. The van der Waals surface area contributed by atoms with Crippen molar-refractivity contribution in [3.63, 3.8) is 0 Å². The number of urea groups is 1. The van der Waals surface area contributed by atoms with E-state index in [9.17, 15) is 4.79 Å². The van der Waals surface area contributed by atoms with E-state index in [0.29, 0.717) is 17.3 Å². The second kappa shape index (κ2) is 7.29. The van der Waals surface area contributed by atoms with E-state index in [4.69, 9.17) is 16.7 Å². The summed E-state index contributed by atoms with van der Waals surface area (Å²) in [6.45, 7) is 3.74. The van der Waals surface area contributed by atoms with Crippen LogP contribution in [0.3, 0.4) is 0 Å². The molecule has 0 saturated carbocycles. The number of halogens is 1. The molecule has 2 rings (SSSR count). The van der Waals surface area contributed by atoms with Crippen LogP contribution in [0.15, 0.2) is 30.3 Å². The quantitative estimate of drug-likeness (QED) is 0.792. The molecule has 0 saturated heterocycles. The largest absolute Gasteiger partial charge is 0.396 e. The van der Waals surface area contributed by atoms with Gasteiger partial charge in [0.2, 0.25) is 0 Å². The molecule has 0 bridgehead atoms. The summed E-state index contributed by atoms with van der Waals surface area (Å²) in [5.74, 6) is 0.436. The maximum atomic E-state index is 11.8. The molecular weight excluding hydrogens is 304 g/mol. The molecule has 0 aliphatic carbocycles. The van der Waals surface area contributed by atoms with Gasteiger partial charge in [-0.1, -0.05) is 23.7 Å². The molecule has 1 aromatic carbocycles. The maximum Gasteiger partial charge on any atom is 0.320 e. The van der Waals surface area contributed by atoms with Crippen molar-refractivity contribution in [2.45, 2.75) is 26.3 Å². The van der Waals surface area contributed by atoms with Gasteiger partial charge in [-0.15, -0.1) is 5.10 Å². The molecule has 22 heavy (non-hydrogen) atoms. The number of nitrogens with zero attached hydrogens (tertiary/aromatic N) is 2. The minimum absolute atomic E-state index is 0.0295. The Balaban J connectivity index is 2.10. The number of amides is 2. The molecule has 1 atom stereocenters. The molecule has 2 amide bonds. The summed E-state index contributed by atoms with van der Waals surface area (Å²) in [6, 6.07) is 8.66. The first-order valence-corrected chi connectivity index (χ1v) is 7.39. The third-order valence-electron chi connectivity index (χ3n) is 3.15. The normalized spacial score (nSPS) is 12.0. The zero-order valence-electron chi connectivity index (χ0n) is 12.5. The lowest BCUT2D eigenvalue weighted by molar-refractivity contribution is 0.241. The molecule has 0 spiro atoms. The molecule has 1 unspecified atom stereocenters. The van der Waals surface area contributed by atoms with Gasteiger partial charge in [-0.25, -0.2) is 9.48 Å². The number of hydrogen-bond donors (Lipinski definition) is 3. The SMILES string of the molecule is Cc1cc(NC(=O)NC(C)CCO)nn1-c1ccccc1Cl. The van der Waals surface area contributed by atoms with Gasteiger partial charge in [-0.05, 0) is 32.4 Å². The smallest absolute Gasteiger partial charge is 0.320 e. The number of benzene rings is 1. The monoisotopic (exact) mass is 322 g/mol. The Morgan fingerprint density at radius 2 is 2.18 bits per heavy atom. The number of rotatable bonds is 5. The summed E-state index contributed by atoms with van der Waals surface area (Å²) in [5.41, 5.74) is 1.61. The number of carbonyl (C=O) groups excluding carboxylic acids is 1. The highest BCUT2D eigenvalue weighted by molar-refractivity contribution is 6.32. The Labute approximate surface area is 134 Å². The van der Waals surface area contributed by atoms with Crippen LogP contribution in [0.5, 0.6) is 0 Å². The molecule has 0 radical (unpaired) electrons.